The van der Waals surface area contributed by atoms with E-state index in [1.54, 1.807) is 20.8 Å². The van der Waals surface area contributed by atoms with Crippen LogP contribution < -0.4 is 0 Å². The van der Waals surface area contributed by atoms with E-state index in [4.69, 9.17) is 9.26 Å². The van der Waals surface area contributed by atoms with Gasteiger partial charge in [0.15, 0.2) is 0 Å². The number of ether oxygens (including phenoxy) is 1. The summed E-state index contributed by atoms with van der Waals surface area (Å²) in [4.78, 5) is 38.8. The van der Waals surface area contributed by atoms with Crippen LogP contribution in [0.5, 0.6) is 0 Å². The molecule has 0 spiro atoms. The summed E-state index contributed by atoms with van der Waals surface area (Å²) in [6.07, 6.45) is 5.96. The first kappa shape index (κ1) is 32.5. The molecule has 40 heavy (non-hydrogen) atoms. The Morgan fingerprint density at radius 3 is 2.33 bits per heavy atom. The summed E-state index contributed by atoms with van der Waals surface area (Å²) >= 11 is 0. The van der Waals surface area contributed by atoms with Crippen molar-refractivity contribution in [1.29, 1.82) is 0 Å². The maximum Gasteiger partial charge on any atom is 0.521 e. The van der Waals surface area contributed by atoms with Gasteiger partial charge in [0, 0.05) is 30.8 Å². The third-order valence-corrected chi connectivity index (χ3v) is 11.2. The zero-order valence-corrected chi connectivity index (χ0v) is 25.7. The lowest BCUT2D eigenvalue weighted by molar-refractivity contribution is -0.793. The third-order valence-electron chi connectivity index (χ3n) is 8.83. The van der Waals surface area contributed by atoms with Gasteiger partial charge >= 0.3 is 18.0 Å². The lowest BCUT2D eigenvalue weighted by atomic mass is 9.79. The van der Waals surface area contributed by atoms with Gasteiger partial charge in [-0.2, -0.15) is 9.28 Å². The molecule has 1 aliphatic heterocycles. The Hall–Kier alpha value is -2.02. The number of quaternary nitrogens is 1. The van der Waals surface area contributed by atoms with Crippen molar-refractivity contribution in [3.63, 3.8) is 0 Å². The predicted molar refractivity (Wildman–Crippen MR) is 155 cm³/mol. The van der Waals surface area contributed by atoms with Crippen LogP contribution in [0.3, 0.4) is 0 Å². The van der Waals surface area contributed by atoms with Crippen molar-refractivity contribution in [1.82, 2.24) is 0 Å². The van der Waals surface area contributed by atoms with Crippen LogP contribution in [0.4, 0.5) is 4.79 Å². The van der Waals surface area contributed by atoms with E-state index in [0.29, 0.717) is 18.8 Å². The number of carbonyl (C=O) groups excluding carboxylic acids is 2. The van der Waals surface area contributed by atoms with E-state index in [0.717, 1.165) is 38.5 Å². The minimum absolute atomic E-state index is 0.124. The SMILES string of the molecule is CCC(=O)OC(OP(=O)(CCCCc1ccccc1)CC(=O)[N@+]1(C(=O)O)CC(C2CCCCC2)CC1C)C(C)C. The molecular formula is C31H49NO7P+. The van der Waals surface area contributed by atoms with E-state index in [2.05, 4.69) is 0 Å². The van der Waals surface area contributed by atoms with Crippen molar-refractivity contribution in [2.24, 2.45) is 17.8 Å². The lowest BCUT2D eigenvalue weighted by Crippen LogP contribution is -2.60. The molecule has 2 amide bonds. The Balaban J connectivity index is 1.80. The molecule has 9 heteroatoms. The molecule has 1 aromatic carbocycles. The largest absolute Gasteiger partial charge is 0.521 e. The number of hydrogen-bond donors (Lipinski definition) is 1. The zero-order chi connectivity index (χ0) is 29.3. The van der Waals surface area contributed by atoms with E-state index >= 15 is 0 Å². The molecule has 2 aliphatic rings. The normalized spacial score (nSPS) is 25.8. The van der Waals surface area contributed by atoms with Crippen LogP contribution >= 0.6 is 7.37 Å². The highest BCUT2D eigenvalue weighted by atomic mass is 31.2. The summed E-state index contributed by atoms with van der Waals surface area (Å²) in [5, 5.41) is 10.4. The summed E-state index contributed by atoms with van der Waals surface area (Å²) in [5.41, 5.74) is 1.17. The molecule has 2 fully saturated rings. The first-order chi connectivity index (χ1) is 19.0. The molecule has 1 aliphatic carbocycles. The Kier molecular flexibility index (Phi) is 12.0. The van der Waals surface area contributed by atoms with Crippen molar-refractivity contribution >= 4 is 25.3 Å². The minimum atomic E-state index is -3.69. The molecule has 1 saturated carbocycles. The minimum Gasteiger partial charge on any atom is -0.435 e. The van der Waals surface area contributed by atoms with Crippen LogP contribution in [-0.2, 0) is 29.8 Å². The van der Waals surface area contributed by atoms with Gasteiger partial charge in [-0.1, -0.05) is 70.4 Å². The second-order valence-electron chi connectivity index (χ2n) is 12.2. The standard InChI is InChI=1S/C31H48NO7P/c1-5-29(34)38-30(23(2)3)39-40(37,19-13-12-16-25-14-8-6-9-15-25)22-28(33)32(31(35)36)21-27(20-24(32)4)26-17-10-7-11-18-26/h6,8-9,14-15,23-24,26-27,30H,5,7,10-13,16-22H2,1-4H3/p+1/t24?,27?,30?,32-,40?/m0/s1. The number of esters is 1. The molecule has 3 rings (SSSR count). The number of likely N-dealkylation sites (tertiary alicyclic amines) is 1. The van der Waals surface area contributed by atoms with E-state index < -0.39 is 48.3 Å². The summed E-state index contributed by atoms with van der Waals surface area (Å²) in [7, 11) is -3.69. The molecule has 5 atom stereocenters. The van der Waals surface area contributed by atoms with Crippen LogP contribution in [0.2, 0.25) is 0 Å². The molecular weight excluding hydrogens is 529 g/mol. The van der Waals surface area contributed by atoms with Gasteiger partial charge in [0.1, 0.15) is 12.2 Å². The van der Waals surface area contributed by atoms with E-state index in [9.17, 15) is 24.1 Å². The number of aryl methyl sites for hydroxylation is 1. The number of benzene rings is 1. The number of carboxylic acid groups (broad SMARTS) is 1. The fourth-order valence-electron chi connectivity index (χ4n) is 6.42. The molecule has 1 saturated heterocycles. The van der Waals surface area contributed by atoms with Gasteiger partial charge in [-0.3, -0.25) is 13.9 Å². The molecule has 0 aromatic heterocycles. The monoisotopic (exact) mass is 578 g/mol. The molecule has 0 radical (unpaired) electrons. The van der Waals surface area contributed by atoms with Crippen molar-refractivity contribution in [3.05, 3.63) is 35.9 Å². The molecule has 224 valence electrons. The quantitative estimate of drug-likeness (QED) is 0.0864. The predicted octanol–water partition coefficient (Wildman–Crippen LogP) is 7.25. The molecule has 4 unspecified atom stereocenters. The lowest BCUT2D eigenvalue weighted by Gasteiger charge is -2.33. The van der Waals surface area contributed by atoms with Crippen molar-refractivity contribution in [3.8, 4) is 0 Å². The van der Waals surface area contributed by atoms with E-state index in [1.165, 1.54) is 12.0 Å². The van der Waals surface area contributed by atoms with Gasteiger partial charge in [0.25, 0.3) is 0 Å². The van der Waals surface area contributed by atoms with Crippen LogP contribution in [0.15, 0.2) is 30.3 Å². The Bertz CT molecular complexity index is 1040. The van der Waals surface area contributed by atoms with Crippen LogP contribution in [0.1, 0.15) is 91.0 Å². The number of amides is 2. The Morgan fingerprint density at radius 1 is 1.05 bits per heavy atom. The third kappa shape index (κ3) is 8.27. The van der Waals surface area contributed by atoms with Crippen LogP contribution in [-0.4, -0.2) is 58.8 Å². The van der Waals surface area contributed by atoms with Gasteiger partial charge in [-0.15, -0.1) is 0 Å². The molecule has 1 aromatic rings. The van der Waals surface area contributed by atoms with Gasteiger partial charge in [0.05, 0.1) is 6.54 Å². The van der Waals surface area contributed by atoms with Gasteiger partial charge < -0.3 is 9.84 Å². The first-order valence-corrected chi connectivity index (χ1v) is 17.1. The summed E-state index contributed by atoms with van der Waals surface area (Å²) in [6, 6.07) is 9.59. The Morgan fingerprint density at radius 2 is 1.73 bits per heavy atom. The number of imide groups is 1. The van der Waals surface area contributed by atoms with E-state index in [1.807, 2.05) is 37.3 Å². The number of rotatable bonds is 13. The maximum atomic E-state index is 14.4. The average molecular weight is 579 g/mol. The van der Waals surface area contributed by atoms with Crippen molar-refractivity contribution in [2.45, 2.75) is 104 Å². The van der Waals surface area contributed by atoms with Gasteiger partial charge in [-0.25, -0.2) is 4.79 Å². The zero-order valence-electron chi connectivity index (χ0n) is 24.8. The van der Waals surface area contributed by atoms with Crippen LogP contribution in [0.25, 0.3) is 0 Å². The van der Waals surface area contributed by atoms with Crippen molar-refractivity contribution in [2.75, 3.05) is 18.9 Å². The molecule has 1 N–H and O–H groups in total. The fourth-order valence-corrected chi connectivity index (χ4v) is 8.79. The first-order valence-electron chi connectivity index (χ1n) is 15.1. The van der Waals surface area contributed by atoms with Crippen molar-refractivity contribution < 1.29 is 37.8 Å². The molecule has 0 bridgehead atoms. The number of carbonyl (C=O) groups is 3. The number of unbranched alkanes of at least 4 members (excludes halogenated alkanes) is 1. The molecule has 8 nitrogen and oxygen atoms in total. The summed E-state index contributed by atoms with van der Waals surface area (Å²) < 4.78 is 25.2. The fraction of sp³-hybridized carbons (Fsp3) is 0.710. The smallest absolute Gasteiger partial charge is 0.435 e. The second-order valence-corrected chi connectivity index (χ2v) is 14.8. The van der Waals surface area contributed by atoms with Crippen LogP contribution in [0, 0.1) is 17.8 Å². The highest BCUT2D eigenvalue weighted by Crippen LogP contribution is 2.52. The number of nitrogens with zero attached hydrogens (tertiary/aromatic N) is 1. The average Bonchev–Trinajstić information content (AvgIpc) is 3.30. The van der Waals surface area contributed by atoms with E-state index in [-0.39, 0.29) is 31.0 Å². The second kappa shape index (κ2) is 14.7. The number of hydrogen-bond acceptors (Lipinski definition) is 6. The van der Waals surface area contributed by atoms with Gasteiger partial charge in [-0.05, 0) is 50.5 Å². The van der Waals surface area contributed by atoms with Gasteiger partial charge in [0.2, 0.25) is 13.7 Å². The topological polar surface area (TPSA) is 107 Å². The Labute approximate surface area is 239 Å². The summed E-state index contributed by atoms with van der Waals surface area (Å²) in [6.45, 7) is 7.35. The summed E-state index contributed by atoms with van der Waals surface area (Å²) in [5.74, 6) is -0.724. The highest BCUT2D eigenvalue weighted by molar-refractivity contribution is 7.59. The highest BCUT2D eigenvalue weighted by Gasteiger charge is 2.58. The maximum absolute atomic E-state index is 14.4. The molecule has 1 heterocycles.